The molecule has 0 bridgehead atoms. The van der Waals surface area contributed by atoms with Gasteiger partial charge in [-0.15, -0.1) is 0 Å². The molecule has 0 radical (unpaired) electrons. The molecule has 0 saturated carbocycles. The number of aromatic nitrogens is 2. The largest absolute Gasteiger partial charge is 0.356 e. The second-order valence-electron chi connectivity index (χ2n) is 5.51. The van der Waals surface area contributed by atoms with Crippen molar-refractivity contribution in [2.24, 2.45) is 0 Å². The molecule has 2 N–H and O–H groups in total. The van der Waals surface area contributed by atoms with Crippen LogP contribution in [0, 0.1) is 0 Å². The van der Waals surface area contributed by atoms with Gasteiger partial charge in [0.1, 0.15) is 0 Å². The topological polar surface area (TPSA) is 80.0 Å². The van der Waals surface area contributed by atoms with Crippen molar-refractivity contribution in [3.8, 4) is 0 Å². The first-order valence-corrected chi connectivity index (χ1v) is 8.06. The Morgan fingerprint density at radius 3 is 2.67 bits per heavy atom. The molecule has 124 valence electrons. The van der Waals surface area contributed by atoms with Gasteiger partial charge in [0.05, 0.1) is 5.69 Å². The number of amides is 2. The number of fused-ring (bicyclic) bond motifs is 1. The van der Waals surface area contributed by atoms with E-state index in [0.29, 0.717) is 17.8 Å². The van der Waals surface area contributed by atoms with Crippen molar-refractivity contribution in [2.45, 2.75) is 33.2 Å². The Morgan fingerprint density at radius 1 is 1.17 bits per heavy atom. The summed E-state index contributed by atoms with van der Waals surface area (Å²) in [6, 6.07) is 7.26. The van der Waals surface area contributed by atoms with E-state index in [1.165, 1.54) is 0 Å². The number of benzene rings is 1. The van der Waals surface area contributed by atoms with Crippen molar-refractivity contribution in [2.75, 3.05) is 5.32 Å². The molecule has 0 unspecified atom stereocenters. The molecule has 0 aliphatic rings. The molecule has 24 heavy (non-hydrogen) atoms. The highest BCUT2D eigenvalue weighted by Crippen LogP contribution is 2.27. The second-order valence-corrected chi connectivity index (χ2v) is 5.51. The molecule has 0 aliphatic heterocycles. The normalized spacial score (nSPS) is 10.8. The summed E-state index contributed by atoms with van der Waals surface area (Å²) in [5, 5.41) is 10.8. The van der Waals surface area contributed by atoms with Crippen LogP contribution in [0.1, 0.15) is 30.7 Å². The van der Waals surface area contributed by atoms with Crippen LogP contribution >= 0.6 is 0 Å². The van der Waals surface area contributed by atoms with Crippen molar-refractivity contribution in [3.05, 3.63) is 53.5 Å². The summed E-state index contributed by atoms with van der Waals surface area (Å²) < 4.78 is 5.41. The van der Waals surface area contributed by atoms with E-state index in [1.807, 2.05) is 24.3 Å². The minimum absolute atomic E-state index is 0.261. The molecule has 6 heteroatoms. The standard InChI is InChI=1S/C18H20N4O2/c1-3-13-9-14(10-16-17(13)15(4-2)22-24-16)21-18(23)20-11-12-5-7-19-8-6-12/h5-10H,3-4,11H2,1-2H3,(H2,20,21,23). The number of carbonyl (C=O) groups excluding carboxylic acids is 1. The predicted molar refractivity (Wildman–Crippen MR) is 92.9 cm³/mol. The average Bonchev–Trinajstić information content (AvgIpc) is 3.03. The van der Waals surface area contributed by atoms with Crippen molar-refractivity contribution < 1.29 is 9.32 Å². The van der Waals surface area contributed by atoms with Crippen LogP contribution in [0.2, 0.25) is 0 Å². The third kappa shape index (κ3) is 3.37. The first-order valence-electron chi connectivity index (χ1n) is 8.06. The van der Waals surface area contributed by atoms with Crippen molar-refractivity contribution >= 4 is 22.7 Å². The fourth-order valence-electron chi connectivity index (χ4n) is 2.67. The van der Waals surface area contributed by atoms with E-state index in [9.17, 15) is 4.79 Å². The van der Waals surface area contributed by atoms with Crippen LogP contribution in [-0.4, -0.2) is 16.2 Å². The molecule has 2 amide bonds. The number of hydrogen-bond donors (Lipinski definition) is 2. The zero-order valence-electron chi connectivity index (χ0n) is 13.8. The lowest BCUT2D eigenvalue weighted by Crippen LogP contribution is -2.28. The molecule has 3 rings (SSSR count). The smallest absolute Gasteiger partial charge is 0.319 e. The summed E-state index contributed by atoms with van der Waals surface area (Å²) in [6.45, 7) is 4.57. The van der Waals surface area contributed by atoms with E-state index < -0.39 is 0 Å². The number of carbonyl (C=O) groups is 1. The Balaban J connectivity index is 1.74. The molecular weight excluding hydrogens is 304 g/mol. The highest BCUT2D eigenvalue weighted by molar-refractivity contribution is 5.94. The van der Waals surface area contributed by atoms with Gasteiger partial charge in [-0.3, -0.25) is 4.98 Å². The molecule has 0 saturated heterocycles. The molecule has 3 aromatic rings. The van der Waals surface area contributed by atoms with E-state index in [1.54, 1.807) is 12.4 Å². The zero-order chi connectivity index (χ0) is 16.9. The maximum Gasteiger partial charge on any atom is 0.319 e. The van der Waals surface area contributed by atoms with Gasteiger partial charge < -0.3 is 15.2 Å². The lowest BCUT2D eigenvalue weighted by molar-refractivity contribution is 0.251. The number of aryl methyl sites for hydroxylation is 2. The Hall–Kier alpha value is -2.89. The summed E-state index contributed by atoms with van der Waals surface area (Å²) in [6.07, 6.45) is 5.06. The van der Waals surface area contributed by atoms with Gasteiger partial charge in [-0.25, -0.2) is 4.79 Å². The van der Waals surface area contributed by atoms with E-state index in [0.717, 1.165) is 35.0 Å². The molecular formula is C18H20N4O2. The van der Waals surface area contributed by atoms with Crippen molar-refractivity contribution in [1.82, 2.24) is 15.5 Å². The Labute approximate surface area is 140 Å². The average molecular weight is 324 g/mol. The lowest BCUT2D eigenvalue weighted by Gasteiger charge is -2.09. The van der Waals surface area contributed by atoms with Gasteiger partial charge in [0.25, 0.3) is 0 Å². The number of anilines is 1. The van der Waals surface area contributed by atoms with Gasteiger partial charge in [-0.05, 0) is 42.2 Å². The van der Waals surface area contributed by atoms with Gasteiger partial charge in [-0.1, -0.05) is 19.0 Å². The van der Waals surface area contributed by atoms with Crippen LogP contribution < -0.4 is 10.6 Å². The summed E-state index contributed by atoms with van der Waals surface area (Å²) in [4.78, 5) is 16.1. The highest BCUT2D eigenvalue weighted by Gasteiger charge is 2.13. The SMILES string of the molecule is CCc1cc(NC(=O)NCc2ccncc2)cc2onc(CC)c12. The number of pyridine rings is 1. The van der Waals surface area contributed by atoms with Gasteiger partial charge in [0, 0.05) is 36.1 Å². The van der Waals surface area contributed by atoms with E-state index in [-0.39, 0.29) is 6.03 Å². The molecule has 0 aliphatic carbocycles. The predicted octanol–water partition coefficient (Wildman–Crippen LogP) is 3.67. The van der Waals surface area contributed by atoms with Crippen LogP contribution in [0.4, 0.5) is 10.5 Å². The van der Waals surface area contributed by atoms with Crippen molar-refractivity contribution in [1.29, 1.82) is 0 Å². The Morgan fingerprint density at radius 2 is 1.96 bits per heavy atom. The van der Waals surface area contributed by atoms with Crippen LogP contribution in [0.25, 0.3) is 11.0 Å². The minimum atomic E-state index is -0.261. The lowest BCUT2D eigenvalue weighted by atomic mass is 10.0. The Bertz CT molecular complexity index is 843. The molecule has 2 heterocycles. The maximum absolute atomic E-state index is 12.1. The summed E-state index contributed by atoms with van der Waals surface area (Å²) in [5.74, 6) is 0. The quantitative estimate of drug-likeness (QED) is 0.750. The molecule has 0 fully saturated rings. The monoisotopic (exact) mass is 324 g/mol. The zero-order valence-corrected chi connectivity index (χ0v) is 13.8. The molecule has 1 aromatic carbocycles. The number of nitrogens with one attached hydrogen (secondary N) is 2. The minimum Gasteiger partial charge on any atom is -0.356 e. The molecule has 2 aromatic heterocycles. The van der Waals surface area contributed by atoms with Crippen LogP contribution in [-0.2, 0) is 19.4 Å². The van der Waals surface area contributed by atoms with Gasteiger partial charge in [-0.2, -0.15) is 0 Å². The van der Waals surface area contributed by atoms with E-state index in [2.05, 4.69) is 34.6 Å². The first kappa shape index (κ1) is 16.0. The maximum atomic E-state index is 12.1. The third-order valence-electron chi connectivity index (χ3n) is 3.90. The van der Waals surface area contributed by atoms with Crippen molar-refractivity contribution in [3.63, 3.8) is 0 Å². The van der Waals surface area contributed by atoms with E-state index in [4.69, 9.17) is 4.52 Å². The first-order chi connectivity index (χ1) is 11.7. The Kier molecular flexibility index (Phi) is 4.74. The number of rotatable bonds is 5. The van der Waals surface area contributed by atoms with Crippen LogP contribution in [0.15, 0.2) is 41.2 Å². The summed E-state index contributed by atoms with van der Waals surface area (Å²) >= 11 is 0. The van der Waals surface area contributed by atoms with Gasteiger partial charge >= 0.3 is 6.03 Å². The molecule has 0 spiro atoms. The molecule has 0 atom stereocenters. The van der Waals surface area contributed by atoms with Crippen LogP contribution in [0.3, 0.4) is 0 Å². The summed E-state index contributed by atoms with van der Waals surface area (Å²) in [7, 11) is 0. The fraction of sp³-hybridized carbons (Fsp3) is 0.278. The number of nitrogens with zero attached hydrogens (tertiary/aromatic N) is 2. The van der Waals surface area contributed by atoms with Crippen LogP contribution in [0.5, 0.6) is 0 Å². The molecule has 6 nitrogen and oxygen atoms in total. The van der Waals surface area contributed by atoms with Gasteiger partial charge in [0.2, 0.25) is 0 Å². The van der Waals surface area contributed by atoms with Gasteiger partial charge in [0.15, 0.2) is 5.58 Å². The highest BCUT2D eigenvalue weighted by atomic mass is 16.5. The van der Waals surface area contributed by atoms with E-state index >= 15 is 0 Å². The fourth-order valence-corrected chi connectivity index (χ4v) is 2.67. The third-order valence-corrected chi connectivity index (χ3v) is 3.90. The number of urea groups is 1. The summed E-state index contributed by atoms with van der Waals surface area (Å²) in [5.41, 5.74) is 4.47. The second kappa shape index (κ2) is 7.12. The number of hydrogen-bond acceptors (Lipinski definition) is 4.